The van der Waals surface area contributed by atoms with Gasteiger partial charge in [0.05, 0.1) is 5.52 Å². The fraction of sp³-hybridized carbons (Fsp3) is 0. The van der Waals surface area contributed by atoms with Gasteiger partial charge in [-0.1, -0.05) is 0 Å². The summed E-state index contributed by atoms with van der Waals surface area (Å²) in [5.74, 6) is -2.54. The van der Waals surface area contributed by atoms with E-state index in [1.807, 2.05) is 0 Å². The molecule has 0 spiro atoms. The number of nitrogens with zero attached hydrogens (tertiary/aromatic N) is 2. The number of hydrogen-bond donors (Lipinski definition) is 1. The molecule has 2 aromatic heterocycles. The molecule has 1 N–H and O–H groups in total. The van der Waals surface area contributed by atoms with Gasteiger partial charge in [-0.2, -0.15) is 5.10 Å². The maximum Gasteiger partial charge on any atom is 0.255 e. The molecule has 0 atom stereocenters. The topological polar surface area (TPSA) is 46.4 Å². The number of carbonyl (C=O) groups is 1. The number of amides is 1. The van der Waals surface area contributed by atoms with Crippen LogP contribution >= 0.6 is 0 Å². The van der Waals surface area contributed by atoms with Crippen molar-refractivity contribution in [3.8, 4) is 0 Å². The summed E-state index contributed by atoms with van der Waals surface area (Å²) in [4.78, 5) is 11.9. The molecule has 0 saturated carbocycles. The molecule has 0 unspecified atom stereocenters. The standard InChI is InChI=1S/C14H9F2N3O/c15-12-2-1-9(7-13(12)16)14(20)18-10-4-6-19-11(8-10)3-5-17-19/h1-8H,(H,18,20). The molecule has 0 aliphatic rings. The number of benzene rings is 1. The zero-order chi connectivity index (χ0) is 14.1. The summed E-state index contributed by atoms with van der Waals surface area (Å²) >= 11 is 0. The van der Waals surface area contributed by atoms with Gasteiger partial charge in [0, 0.05) is 23.6 Å². The maximum absolute atomic E-state index is 13.1. The number of carbonyl (C=O) groups excluding carboxylic acids is 1. The van der Waals surface area contributed by atoms with E-state index in [1.54, 1.807) is 35.1 Å². The van der Waals surface area contributed by atoms with Crippen LogP contribution < -0.4 is 5.32 Å². The maximum atomic E-state index is 13.1. The highest BCUT2D eigenvalue weighted by Crippen LogP contribution is 2.14. The smallest absolute Gasteiger partial charge is 0.255 e. The van der Waals surface area contributed by atoms with E-state index >= 15 is 0 Å². The number of halogens is 2. The molecular weight excluding hydrogens is 264 g/mol. The first kappa shape index (κ1) is 12.3. The number of hydrogen-bond acceptors (Lipinski definition) is 2. The molecule has 6 heteroatoms. The number of aromatic nitrogens is 2. The van der Waals surface area contributed by atoms with Crippen LogP contribution in [0.5, 0.6) is 0 Å². The Balaban J connectivity index is 1.85. The van der Waals surface area contributed by atoms with E-state index in [9.17, 15) is 13.6 Å². The minimum Gasteiger partial charge on any atom is -0.322 e. The Morgan fingerprint density at radius 1 is 1.10 bits per heavy atom. The highest BCUT2D eigenvalue weighted by atomic mass is 19.2. The first-order chi connectivity index (χ1) is 9.63. The molecule has 2 heterocycles. The van der Waals surface area contributed by atoms with Gasteiger partial charge in [-0.15, -0.1) is 0 Å². The third kappa shape index (κ3) is 2.23. The van der Waals surface area contributed by atoms with Crippen LogP contribution in [0.25, 0.3) is 5.52 Å². The highest BCUT2D eigenvalue weighted by Gasteiger charge is 2.10. The van der Waals surface area contributed by atoms with E-state index in [0.717, 1.165) is 17.6 Å². The van der Waals surface area contributed by atoms with E-state index in [4.69, 9.17) is 0 Å². The number of anilines is 1. The van der Waals surface area contributed by atoms with Crippen LogP contribution in [0.4, 0.5) is 14.5 Å². The van der Waals surface area contributed by atoms with Crippen molar-refractivity contribution in [1.29, 1.82) is 0 Å². The molecular formula is C14H9F2N3O. The molecule has 0 saturated heterocycles. The van der Waals surface area contributed by atoms with Crippen LogP contribution in [-0.2, 0) is 0 Å². The molecule has 0 aliphatic carbocycles. The predicted octanol–water partition coefficient (Wildman–Crippen LogP) is 2.86. The Hall–Kier alpha value is -2.76. The van der Waals surface area contributed by atoms with Crippen molar-refractivity contribution >= 4 is 17.1 Å². The monoisotopic (exact) mass is 273 g/mol. The molecule has 3 rings (SSSR count). The van der Waals surface area contributed by atoms with Crippen molar-refractivity contribution in [2.75, 3.05) is 5.32 Å². The molecule has 0 bridgehead atoms. The third-order valence-electron chi connectivity index (χ3n) is 2.84. The SMILES string of the molecule is O=C(Nc1ccn2nccc2c1)c1ccc(F)c(F)c1. The Kier molecular flexibility index (Phi) is 2.90. The van der Waals surface area contributed by atoms with Crippen molar-refractivity contribution in [2.24, 2.45) is 0 Å². The molecule has 4 nitrogen and oxygen atoms in total. The number of nitrogens with one attached hydrogen (secondary N) is 1. The van der Waals surface area contributed by atoms with Crippen LogP contribution in [-0.4, -0.2) is 15.5 Å². The Labute approximate surface area is 112 Å². The Bertz CT molecular complexity index is 798. The lowest BCUT2D eigenvalue weighted by Gasteiger charge is -2.06. The van der Waals surface area contributed by atoms with Crippen LogP contribution in [0.2, 0.25) is 0 Å². The van der Waals surface area contributed by atoms with Crippen LogP contribution in [0.3, 0.4) is 0 Å². The van der Waals surface area contributed by atoms with E-state index in [2.05, 4.69) is 10.4 Å². The van der Waals surface area contributed by atoms with Gasteiger partial charge in [-0.3, -0.25) is 4.79 Å². The lowest BCUT2D eigenvalue weighted by molar-refractivity contribution is 0.102. The van der Waals surface area contributed by atoms with Gasteiger partial charge in [0.2, 0.25) is 0 Å². The first-order valence-corrected chi connectivity index (χ1v) is 5.83. The van der Waals surface area contributed by atoms with Crippen LogP contribution in [0, 0.1) is 11.6 Å². The molecule has 1 aromatic carbocycles. The van der Waals surface area contributed by atoms with Crippen molar-refractivity contribution in [1.82, 2.24) is 9.61 Å². The van der Waals surface area contributed by atoms with Gasteiger partial charge >= 0.3 is 0 Å². The lowest BCUT2D eigenvalue weighted by Crippen LogP contribution is -2.12. The number of pyridine rings is 1. The molecule has 0 fully saturated rings. The van der Waals surface area contributed by atoms with E-state index < -0.39 is 17.5 Å². The average molecular weight is 273 g/mol. The second kappa shape index (κ2) is 4.73. The van der Waals surface area contributed by atoms with Crippen molar-refractivity contribution in [3.63, 3.8) is 0 Å². The molecule has 100 valence electrons. The van der Waals surface area contributed by atoms with Gasteiger partial charge < -0.3 is 5.32 Å². The van der Waals surface area contributed by atoms with Gasteiger partial charge in [0.15, 0.2) is 11.6 Å². The van der Waals surface area contributed by atoms with Gasteiger partial charge in [0.25, 0.3) is 5.91 Å². The molecule has 20 heavy (non-hydrogen) atoms. The minimum atomic E-state index is -1.05. The Morgan fingerprint density at radius 3 is 2.75 bits per heavy atom. The molecule has 1 amide bonds. The first-order valence-electron chi connectivity index (χ1n) is 5.83. The summed E-state index contributed by atoms with van der Waals surface area (Å²) in [6.07, 6.45) is 3.33. The average Bonchev–Trinajstić information content (AvgIpc) is 2.89. The zero-order valence-corrected chi connectivity index (χ0v) is 10.2. The number of rotatable bonds is 2. The van der Waals surface area contributed by atoms with Gasteiger partial charge in [0.1, 0.15) is 0 Å². The second-order valence-electron chi connectivity index (χ2n) is 4.20. The summed E-state index contributed by atoms with van der Waals surface area (Å²) in [5.41, 5.74) is 1.41. The fourth-order valence-corrected chi connectivity index (χ4v) is 1.84. The van der Waals surface area contributed by atoms with Gasteiger partial charge in [-0.25, -0.2) is 13.3 Å². The summed E-state index contributed by atoms with van der Waals surface area (Å²) in [6, 6.07) is 8.19. The van der Waals surface area contributed by atoms with Crippen LogP contribution in [0.1, 0.15) is 10.4 Å². The molecule has 0 radical (unpaired) electrons. The quantitative estimate of drug-likeness (QED) is 0.780. The number of fused-ring (bicyclic) bond motifs is 1. The Morgan fingerprint density at radius 2 is 1.95 bits per heavy atom. The summed E-state index contributed by atoms with van der Waals surface area (Å²) < 4.78 is 27.5. The van der Waals surface area contributed by atoms with Gasteiger partial charge in [-0.05, 0) is 36.4 Å². The predicted molar refractivity (Wildman–Crippen MR) is 69.5 cm³/mol. The van der Waals surface area contributed by atoms with E-state index in [-0.39, 0.29) is 5.56 Å². The van der Waals surface area contributed by atoms with E-state index in [0.29, 0.717) is 5.69 Å². The van der Waals surface area contributed by atoms with Crippen LogP contribution in [0.15, 0.2) is 48.8 Å². The summed E-state index contributed by atoms with van der Waals surface area (Å²) in [5, 5.41) is 6.65. The van der Waals surface area contributed by atoms with Crippen molar-refractivity contribution < 1.29 is 13.6 Å². The molecule has 3 aromatic rings. The van der Waals surface area contributed by atoms with Crippen molar-refractivity contribution in [3.05, 3.63) is 66.0 Å². The lowest BCUT2D eigenvalue weighted by atomic mass is 10.2. The van der Waals surface area contributed by atoms with E-state index in [1.165, 1.54) is 6.07 Å². The van der Waals surface area contributed by atoms with Crippen molar-refractivity contribution in [2.45, 2.75) is 0 Å². The summed E-state index contributed by atoms with van der Waals surface area (Å²) in [7, 11) is 0. The second-order valence-corrected chi connectivity index (χ2v) is 4.20. The third-order valence-corrected chi connectivity index (χ3v) is 2.84. The summed E-state index contributed by atoms with van der Waals surface area (Å²) in [6.45, 7) is 0. The minimum absolute atomic E-state index is 0.0530. The normalized spacial score (nSPS) is 10.7. The largest absolute Gasteiger partial charge is 0.322 e. The highest BCUT2D eigenvalue weighted by molar-refractivity contribution is 6.04. The zero-order valence-electron chi connectivity index (χ0n) is 10.2. The molecule has 0 aliphatic heterocycles. The fourth-order valence-electron chi connectivity index (χ4n) is 1.84.